The lowest BCUT2D eigenvalue weighted by molar-refractivity contribution is -0.132. The number of hydrogen-bond acceptors (Lipinski definition) is 3. The van der Waals surface area contributed by atoms with E-state index in [2.05, 4.69) is 10.6 Å². The van der Waals surface area contributed by atoms with Gasteiger partial charge in [0.2, 0.25) is 11.8 Å². The number of piperidine rings is 1. The lowest BCUT2D eigenvalue weighted by atomic mass is 10.1. The summed E-state index contributed by atoms with van der Waals surface area (Å²) in [6.45, 7) is 3.34. The maximum Gasteiger partial charge on any atom is 0.223 e. The third kappa shape index (κ3) is 3.98. The van der Waals surface area contributed by atoms with Gasteiger partial charge in [-0.25, -0.2) is 0 Å². The van der Waals surface area contributed by atoms with Gasteiger partial charge in [0, 0.05) is 45.1 Å². The van der Waals surface area contributed by atoms with Gasteiger partial charge in [-0.05, 0) is 25.7 Å². The van der Waals surface area contributed by atoms with E-state index >= 15 is 0 Å². The molecule has 18 heavy (non-hydrogen) atoms. The Balaban J connectivity index is 1.54. The standard InChI is InChI=1S/C13H23N3O2/c17-12-5-4-11(15-12)10-14-7-6-13(18)16-8-2-1-3-9-16/h11,14H,1-10H2,(H,15,17). The van der Waals surface area contributed by atoms with Gasteiger partial charge in [0.25, 0.3) is 0 Å². The van der Waals surface area contributed by atoms with Crippen LogP contribution in [0.3, 0.4) is 0 Å². The third-order valence-electron chi connectivity index (χ3n) is 3.70. The van der Waals surface area contributed by atoms with Gasteiger partial charge in [-0.1, -0.05) is 0 Å². The molecule has 0 radical (unpaired) electrons. The number of carbonyl (C=O) groups is 2. The van der Waals surface area contributed by atoms with Crippen LogP contribution in [0.5, 0.6) is 0 Å². The number of nitrogens with zero attached hydrogens (tertiary/aromatic N) is 1. The van der Waals surface area contributed by atoms with E-state index in [0.717, 1.165) is 38.9 Å². The molecule has 2 aliphatic rings. The van der Waals surface area contributed by atoms with Crippen molar-refractivity contribution in [2.75, 3.05) is 26.2 Å². The first-order valence-electron chi connectivity index (χ1n) is 7.03. The van der Waals surface area contributed by atoms with Gasteiger partial charge in [0.15, 0.2) is 0 Å². The molecule has 0 aromatic carbocycles. The van der Waals surface area contributed by atoms with E-state index in [4.69, 9.17) is 0 Å². The zero-order valence-corrected chi connectivity index (χ0v) is 10.9. The van der Waals surface area contributed by atoms with Crippen molar-refractivity contribution in [1.82, 2.24) is 15.5 Å². The number of nitrogens with one attached hydrogen (secondary N) is 2. The molecule has 2 amide bonds. The molecule has 5 heteroatoms. The summed E-state index contributed by atoms with van der Waals surface area (Å²) in [5, 5.41) is 6.16. The molecule has 0 bridgehead atoms. The minimum Gasteiger partial charge on any atom is -0.352 e. The second-order valence-corrected chi connectivity index (χ2v) is 5.20. The van der Waals surface area contributed by atoms with Crippen molar-refractivity contribution in [3.63, 3.8) is 0 Å². The molecule has 0 aromatic rings. The zero-order valence-electron chi connectivity index (χ0n) is 10.9. The van der Waals surface area contributed by atoms with Crippen molar-refractivity contribution in [3.05, 3.63) is 0 Å². The zero-order chi connectivity index (χ0) is 12.8. The Hall–Kier alpha value is -1.10. The largest absolute Gasteiger partial charge is 0.352 e. The molecule has 0 saturated carbocycles. The lowest BCUT2D eigenvalue weighted by Gasteiger charge is -2.26. The van der Waals surface area contributed by atoms with Gasteiger partial charge < -0.3 is 15.5 Å². The number of amides is 2. The third-order valence-corrected chi connectivity index (χ3v) is 3.70. The van der Waals surface area contributed by atoms with Crippen molar-refractivity contribution >= 4 is 11.8 Å². The summed E-state index contributed by atoms with van der Waals surface area (Å²) in [7, 11) is 0. The molecule has 0 aromatic heterocycles. The predicted molar refractivity (Wildman–Crippen MR) is 69.1 cm³/mol. The SMILES string of the molecule is O=C1CCC(CNCCC(=O)N2CCCCC2)N1. The van der Waals surface area contributed by atoms with Gasteiger partial charge in [-0.3, -0.25) is 9.59 Å². The van der Waals surface area contributed by atoms with Gasteiger partial charge >= 0.3 is 0 Å². The molecule has 1 atom stereocenters. The Kier molecular flexibility index (Phi) is 4.99. The average Bonchev–Trinajstić information content (AvgIpc) is 2.81. The molecule has 1 unspecified atom stereocenters. The molecule has 0 spiro atoms. The smallest absolute Gasteiger partial charge is 0.223 e. The van der Waals surface area contributed by atoms with Crippen LogP contribution >= 0.6 is 0 Å². The minimum absolute atomic E-state index is 0.145. The first-order chi connectivity index (χ1) is 8.75. The first-order valence-corrected chi connectivity index (χ1v) is 7.03. The van der Waals surface area contributed by atoms with Crippen LogP contribution in [0.2, 0.25) is 0 Å². The number of hydrogen-bond donors (Lipinski definition) is 2. The summed E-state index contributed by atoms with van der Waals surface area (Å²) in [6, 6.07) is 0.252. The monoisotopic (exact) mass is 253 g/mol. The second kappa shape index (κ2) is 6.73. The predicted octanol–water partition coefficient (Wildman–Crippen LogP) is 0.257. The highest BCUT2D eigenvalue weighted by molar-refractivity contribution is 5.78. The summed E-state index contributed by atoms with van der Waals surface area (Å²) in [4.78, 5) is 24.8. The summed E-state index contributed by atoms with van der Waals surface area (Å²) >= 11 is 0. The normalized spacial score (nSPS) is 24.1. The van der Waals surface area contributed by atoms with E-state index in [0.29, 0.717) is 19.4 Å². The van der Waals surface area contributed by atoms with E-state index in [1.54, 1.807) is 0 Å². The van der Waals surface area contributed by atoms with Crippen molar-refractivity contribution in [2.24, 2.45) is 0 Å². The van der Waals surface area contributed by atoms with Gasteiger partial charge in [-0.2, -0.15) is 0 Å². The molecular weight excluding hydrogens is 230 g/mol. The highest BCUT2D eigenvalue weighted by Gasteiger charge is 2.20. The molecular formula is C13H23N3O2. The molecule has 102 valence electrons. The molecule has 2 rings (SSSR count). The molecule has 2 saturated heterocycles. The number of likely N-dealkylation sites (tertiary alicyclic amines) is 1. The van der Waals surface area contributed by atoms with Crippen molar-refractivity contribution in [1.29, 1.82) is 0 Å². The Morgan fingerprint density at radius 2 is 2.11 bits per heavy atom. The van der Waals surface area contributed by atoms with Gasteiger partial charge in [0.05, 0.1) is 0 Å². The van der Waals surface area contributed by atoms with Gasteiger partial charge in [-0.15, -0.1) is 0 Å². The molecule has 2 aliphatic heterocycles. The maximum atomic E-state index is 11.9. The van der Waals surface area contributed by atoms with E-state index < -0.39 is 0 Å². The van der Waals surface area contributed by atoms with E-state index in [1.165, 1.54) is 6.42 Å². The minimum atomic E-state index is 0.145. The average molecular weight is 253 g/mol. The number of rotatable bonds is 5. The van der Waals surface area contributed by atoms with E-state index in [-0.39, 0.29) is 17.9 Å². The maximum absolute atomic E-state index is 11.9. The van der Waals surface area contributed by atoms with Crippen LogP contribution in [0.25, 0.3) is 0 Å². The highest BCUT2D eigenvalue weighted by Crippen LogP contribution is 2.09. The van der Waals surface area contributed by atoms with Crippen molar-refractivity contribution < 1.29 is 9.59 Å². The fourth-order valence-corrected chi connectivity index (χ4v) is 2.60. The van der Waals surface area contributed by atoms with Crippen LogP contribution in [-0.4, -0.2) is 48.9 Å². The topological polar surface area (TPSA) is 61.4 Å². The Bertz CT molecular complexity index is 301. The Morgan fingerprint density at radius 1 is 1.33 bits per heavy atom. The quantitative estimate of drug-likeness (QED) is 0.691. The van der Waals surface area contributed by atoms with Crippen LogP contribution in [0, 0.1) is 0 Å². The fourth-order valence-electron chi connectivity index (χ4n) is 2.60. The summed E-state index contributed by atoms with van der Waals surface area (Å²) < 4.78 is 0. The lowest BCUT2D eigenvalue weighted by Crippen LogP contribution is -2.39. The van der Waals surface area contributed by atoms with Crippen LogP contribution < -0.4 is 10.6 Å². The summed E-state index contributed by atoms with van der Waals surface area (Å²) in [5.41, 5.74) is 0. The first kappa shape index (κ1) is 13.3. The fraction of sp³-hybridized carbons (Fsp3) is 0.846. The summed E-state index contributed by atoms with van der Waals surface area (Å²) in [6.07, 6.45) is 5.66. The van der Waals surface area contributed by atoms with Crippen LogP contribution in [0.4, 0.5) is 0 Å². The number of carbonyl (C=O) groups excluding carboxylic acids is 2. The van der Waals surface area contributed by atoms with Crippen molar-refractivity contribution in [2.45, 2.75) is 44.6 Å². The van der Waals surface area contributed by atoms with Gasteiger partial charge in [0.1, 0.15) is 0 Å². The molecule has 5 nitrogen and oxygen atoms in total. The molecule has 2 N–H and O–H groups in total. The Labute approximate surface area is 108 Å². The van der Waals surface area contributed by atoms with Crippen LogP contribution in [-0.2, 0) is 9.59 Å². The molecule has 2 fully saturated rings. The van der Waals surface area contributed by atoms with E-state index in [9.17, 15) is 9.59 Å². The summed E-state index contributed by atoms with van der Waals surface area (Å²) in [5.74, 6) is 0.406. The Morgan fingerprint density at radius 3 is 2.78 bits per heavy atom. The van der Waals surface area contributed by atoms with Crippen molar-refractivity contribution in [3.8, 4) is 0 Å². The molecule has 0 aliphatic carbocycles. The highest BCUT2D eigenvalue weighted by atomic mass is 16.2. The molecule has 2 heterocycles. The van der Waals surface area contributed by atoms with Crippen LogP contribution in [0.15, 0.2) is 0 Å². The van der Waals surface area contributed by atoms with E-state index in [1.807, 2.05) is 4.90 Å². The second-order valence-electron chi connectivity index (χ2n) is 5.20. The van der Waals surface area contributed by atoms with Crippen LogP contribution in [0.1, 0.15) is 38.5 Å².